The van der Waals surface area contributed by atoms with E-state index < -0.39 is 10.0 Å². The molecule has 7 nitrogen and oxygen atoms in total. The number of pyridine rings is 1. The van der Waals surface area contributed by atoms with Gasteiger partial charge in [-0.05, 0) is 36.4 Å². The topological polar surface area (TPSA) is 88.6 Å². The fourth-order valence-corrected chi connectivity index (χ4v) is 4.14. The average Bonchev–Trinajstić information content (AvgIpc) is 2.77. The molecule has 30 heavy (non-hydrogen) atoms. The monoisotopic (exact) mass is 423 g/mol. The standard InChI is InChI=1S/C22H21N3O4S/c1-2-15-25(30(27,28)21-9-4-3-5-10-21)19-7-6-8-20(16-19)29-17-22(26)24-18-11-13-23-14-12-18/h2-14,16H,1,15,17H2,(H,23,24,26). The van der Waals surface area contributed by atoms with Crippen LogP contribution >= 0.6 is 0 Å². The maximum absolute atomic E-state index is 13.1. The minimum absolute atomic E-state index is 0.0865. The summed E-state index contributed by atoms with van der Waals surface area (Å²) in [6, 6.07) is 18.1. The number of aromatic nitrogens is 1. The van der Waals surface area contributed by atoms with Gasteiger partial charge in [0.05, 0.1) is 17.1 Å². The zero-order valence-electron chi connectivity index (χ0n) is 16.1. The lowest BCUT2D eigenvalue weighted by molar-refractivity contribution is -0.118. The Labute approximate surface area is 175 Å². The number of carbonyl (C=O) groups is 1. The normalized spacial score (nSPS) is 10.8. The molecule has 0 aliphatic rings. The van der Waals surface area contributed by atoms with Crippen LogP contribution in [0.2, 0.25) is 0 Å². The molecule has 0 fully saturated rings. The third-order valence-electron chi connectivity index (χ3n) is 4.07. The summed E-state index contributed by atoms with van der Waals surface area (Å²) in [7, 11) is -3.78. The van der Waals surface area contributed by atoms with E-state index in [4.69, 9.17) is 4.74 Å². The summed E-state index contributed by atoms with van der Waals surface area (Å²) >= 11 is 0. The van der Waals surface area contributed by atoms with Gasteiger partial charge in [-0.2, -0.15) is 0 Å². The van der Waals surface area contributed by atoms with Crippen LogP contribution in [-0.4, -0.2) is 32.5 Å². The predicted molar refractivity (Wildman–Crippen MR) is 116 cm³/mol. The molecule has 0 bridgehead atoms. The number of nitrogens with one attached hydrogen (secondary N) is 1. The number of carbonyl (C=O) groups excluding carboxylic acids is 1. The molecule has 3 rings (SSSR count). The molecule has 1 heterocycles. The highest BCUT2D eigenvalue weighted by Gasteiger charge is 2.24. The second kappa shape index (κ2) is 9.71. The van der Waals surface area contributed by atoms with Gasteiger partial charge in [0.2, 0.25) is 0 Å². The number of nitrogens with zero attached hydrogens (tertiary/aromatic N) is 2. The summed E-state index contributed by atoms with van der Waals surface area (Å²) in [4.78, 5) is 16.1. The zero-order valence-corrected chi connectivity index (χ0v) is 17.0. The largest absolute Gasteiger partial charge is 0.484 e. The number of amides is 1. The Hall–Kier alpha value is -3.65. The van der Waals surface area contributed by atoms with Crippen LogP contribution in [0.3, 0.4) is 0 Å². The summed E-state index contributed by atoms with van der Waals surface area (Å²) in [5, 5.41) is 2.69. The van der Waals surface area contributed by atoms with E-state index in [-0.39, 0.29) is 24.0 Å². The van der Waals surface area contributed by atoms with E-state index in [0.29, 0.717) is 17.1 Å². The van der Waals surface area contributed by atoms with Gasteiger partial charge in [-0.1, -0.05) is 30.3 Å². The van der Waals surface area contributed by atoms with Crippen molar-refractivity contribution in [2.75, 3.05) is 22.8 Å². The summed E-state index contributed by atoms with van der Waals surface area (Å²) in [6.45, 7) is 3.52. The Morgan fingerprint density at radius 3 is 2.50 bits per heavy atom. The number of ether oxygens (including phenoxy) is 1. The van der Waals surface area contributed by atoms with Gasteiger partial charge < -0.3 is 10.1 Å². The molecule has 0 atom stereocenters. The van der Waals surface area contributed by atoms with Crippen LogP contribution in [0.4, 0.5) is 11.4 Å². The van der Waals surface area contributed by atoms with Gasteiger partial charge >= 0.3 is 0 Å². The van der Waals surface area contributed by atoms with Crippen molar-refractivity contribution in [1.82, 2.24) is 4.98 Å². The van der Waals surface area contributed by atoms with Crippen LogP contribution in [-0.2, 0) is 14.8 Å². The Morgan fingerprint density at radius 1 is 1.07 bits per heavy atom. The molecule has 0 aliphatic carbocycles. The second-order valence-electron chi connectivity index (χ2n) is 6.21. The summed E-state index contributed by atoms with van der Waals surface area (Å²) in [5.41, 5.74) is 1.02. The van der Waals surface area contributed by atoms with Gasteiger partial charge in [0.25, 0.3) is 15.9 Å². The van der Waals surface area contributed by atoms with Crippen molar-refractivity contribution < 1.29 is 17.9 Å². The van der Waals surface area contributed by atoms with Crippen LogP contribution in [0, 0.1) is 0 Å². The first kappa shape index (κ1) is 21.1. The van der Waals surface area contributed by atoms with Gasteiger partial charge in [-0.3, -0.25) is 14.1 Å². The average molecular weight is 423 g/mol. The number of hydrogen-bond donors (Lipinski definition) is 1. The van der Waals surface area contributed by atoms with Crippen LogP contribution in [0.25, 0.3) is 0 Å². The van der Waals surface area contributed by atoms with E-state index in [1.807, 2.05) is 0 Å². The zero-order chi connectivity index (χ0) is 21.4. The molecule has 0 aliphatic heterocycles. The third-order valence-corrected chi connectivity index (χ3v) is 5.87. The molecule has 154 valence electrons. The van der Waals surface area contributed by atoms with Gasteiger partial charge in [0.1, 0.15) is 5.75 Å². The van der Waals surface area contributed by atoms with Crippen molar-refractivity contribution >= 4 is 27.3 Å². The fraction of sp³-hybridized carbons (Fsp3) is 0.0909. The summed E-state index contributed by atoms with van der Waals surface area (Å²) < 4.78 is 32.9. The molecule has 3 aromatic rings. The smallest absolute Gasteiger partial charge is 0.264 e. The summed E-state index contributed by atoms with van der Waals surface area (Å²) in [5.74, 6) is 0.0289. The molecule has 0 saturated carbocycles. The van der Waals surface area contributed by atoms with Crippen LogP contribution in [0.5, 0.6) is 5.75 Å². The number of benzene rings is 2. The first-order valence-corrected chi connectivity index (χ1v) is 10.6. The third kappa shape index (κ3) is 5.24. The number of rotatable bonds is 9. The Balaban J connectivity index is 1.75. The molecule has 1 N–H and O–H groups in total. The molecule has 2 aromatic carbocycles. The van der Waals surface area contributed by atoms with Crippen LogP contribution in [0.1, 0.15) is 0 Å². The minimum Gasteiger partial charge on any atom is -0.484 e. The SMILES string of the molecule is C=CCN(c1cccc(OCC(=O)Nc2ccncc2)c1)S(=O)(=O)c1ccccc1. The highest BCUT2D eigenvalue weighted by Crippen LogP contribution is 2.27. The van der Waals surface area contributed by atoms with Gasteiger partial charge in [-0.25, -0.2) is 8.42 Å². The molecule has 0 radical (unpaired) electrons. The van der Waals surface area contributed by atoms with Crippen molar-refractivity contribution in [2.45, 2.75) is 4.90 Å². The van der Waals surface area contributed by atoms with E-state index >= 15 is 0 Å². The van der Waals surface area contributed by atoms with Gasteiger partial charge in [0, 0.05) is 24.1 Å². The van der Waals surface area contributed by atoms with E-state index in [1.165, 1.54) is 22.5 Å². The Kier molecular flexibility index (Phi) is 6.82. The maximum atomic E-state index is 13.1. The van der Waals surface area contributed by atoms with E-state index in [0.717, 1.165) is 0 Å². The van der Waals surface area contributed by atoms with Gasteiger partial charge in [0.15, 0.2) is 6.61 Å². The molecule has 0 saturated heterocycles. The minimum atomic E-state index is -3.78. The molecular formula is C22H21N3O4S. The second-order valence-corrected chi connectivity index (χ2v) is 8.07. The molecule has 8 heteroatoms. The first-order valence-electron chi connectivity index (χ1n) is 9.12. The molecular weight excluding hydrogens is 402 g/mol. The number of anilines is 2. The lowest BCUT2D eigenvalue weighted by atomic mass is 10.3. The molecule has 0 unspecified atom stereocenters. The number of hydrogen-bond acceptors (Lipinski definition) is 5. The van der Waals surface area contributed by atoms with Crippen LogP contribution < -0.4 is 14.4 Å². The molecule has 1 amide bonds. The Bertz CT molecular complexity index is 1100. The van der Waals surface area contributed by atoms with E-state index in [9.17, 15) is 13.2 Å². The van der Waals surface area contributed by atoms with Crippen LogP contribution in [0.15, 0.2) is 96.7 Å². The van der Waals surface area contributed by atoms with E-state index in [2.05, 4.69) is 16.9 Å². The lowest BCUT2D eigenvalue weighted by Gasteiger charge is -2.23. The quantitative estimate of drug-likeness (QED) is 0.532. The summed E-state index contributed by atoms with van der Waals surface area (Å²) in [6.07, 6.45) is 4.65. The van der Waals surface area contributed by atoms with Crippen molar-refractivity contribution in [3.8, 4) is 5.75 Å². The molecule has 1 aromatic heterocycles. The predicted octanol–water partition coefficient (Wildman–Crippen LogP) is 3.48. The molecule has 0 spiro atoms. The highest BCUT2D eigenvalue weighted by molar-refractivity contribution is 7.92. The van der Waals surface area contributed by atoms with Crippen molar-refractivity contribution in [3.05, 3.63) is 91.8 Å². The van der Waals surface area contributed by atoms with E-state index in [1.54, 1.807) is 67.0 Å². The Morgan fingerprint density at radius 2 is 1.80 bits per heavy atom. The first-order chi connectivity index (χ1) is 14.5. The maximum Gasteiger partial charge on any atom is 0.264 e. The van der Waals surface area contributed by atoms with Gasteiger partial charge in [-0.15, -0.1) is 6.58 Å². The van der Waals surface area contributed by atoms with Crippen molar-refractivity contribution in [2.24, 2.45) is 0 Å². The van der Waals surface area contributed by atoms with Crippen molar-refractivity contribution in [3.63, 3.8) is 0 Å². The lowest BCUT2D eigenvalue weighted by Crippen LogP contribution is -2.31. The number of sulfonamides is 1. The van der Waals surface area contributed by atoms with Crippen molar-refractivity contribution in [1.29, 1.82) is 0 Å². The highest BCUT2D eigenvalue weighted by atomic mass is 32.2. The fourth-order valence-electron chi connectivity index (χ4n) is 2.69.